The minimum Gasteiger partial charge on any atom is -0.508 e. The van der Waals surface area contributed by atoms with Gasteiger partial charge in [-0.1, -0.05) is 25.0 Å². The third kappa shape index (κ3) is 6.56. The monoisotopic (exact) mass is 854 g/mol. The number of aromatic hydroxyl groups is 2. The van der Waals surface area contributed by atoms with Gasteiger partial charge in [0.25, 0.3) is 0 Å². The number of nitrogens with two attached hydrogens (primary N) is 2. The van der Waals surface area contributed by atoms with Crippen molar-refractivity contribution in [2.75, 3.05) is 18.1 Å². The zero-order chi connectivity index (χ0) is 43.9. The van der Waals surface area contributed by atoms with E-state index >= 15 is 0 Å². The van der Waals surface area contributed by atoms with Crippen LogP contribution in [0.2, 0.25) is 0 Å². The van der Waals surface area contributed by atoms with Crippen molar-refractivity contribution in [2.45, 2.75) is 114 Å². The van der Waals surface area contributed by atoms with Crippen molar-refractivity contribution in [3.63, 3.8) is 0 Å². The molecule has 328 valence electrons. The maximum atomic E-state index is 14.6. The maximum absolute atomic E-state index is 14.6. The van der Waals surface area contributed by atoms with E-state index in [9.17, 15) is 30.0 Å². The van der Waals surface area contributed by atoms with Crippen LogP contribution in [-0.2, 0) is 41.8 Å². The largest absolute Gasteiger partial charge is 0.508 e. The van der Waals surface area contributed by atoms with Crippen molar-refractivity contribution < 1.29 is 39.1 Å². The van der Waals surface area contributed by atoms with Gasteiger partial charge in [0.15, 0.2) is 5.43 Å². The number of hydrogen-bond donors (Lipinski definition) is 6. The average molecular weight is 855 g/mol. The smallest absolute Gasteiger partial charge is 0.334 e. The number of pyridine rings is 2. The summed E-state index contributed by atoms with van der Waals surface area (Å²) in [5, 5.41) is 45.6. The van der Waals surface area contributed by atoms with Crippen molar-refractivity contribution in [1.82, 2.24) is 9.97 Å². The Labute approximate surface area is 364 Å². The van der Waals surface area contributed by atoms with E-state index in [0.29, 0.717) is 60.4 Å². The van der Waals surface area contributed by atoms with Gasteiger partial charge in [-0.05, 0) is 129 Å². The molecule has 2 aliphatic heterocycles. The zero-order valence-corrected chi connectivity index (χ0v) is 35.6. The molecule has 1 saturated carbocycles. The van der Waals surface area contributed by atoms with Crippen LogP contribution in [0.15, 0.2) is 69.7 Å². The number of rotatable bonds is 5. The summed E-state index contributed by atoms with van der Waals surface area (Å²) < 4.78 is 20.9. The molecule has 2 aromatic carbocycles. The molecule has 7 atom stereocenters. The van der Waals surface area contributed by atoms with Crippen molar-refractivity contribution in [2.24, 2.45) is 17.8 Å². The van der Waals surface area contributed by atoms with Crippen molar-refractivity contribution in [3.05, 3.63) is 121 Å². The van der Waals surface area contributed by atoms with E-state index < -0.39 is 48.2 Å². The Morgan fingerprint density at radius 2 is 1.75 bits per heavy atom. The number of benzene rings is 2. The van der Waals surface area contributed by atoms with Gasteiger partial charge >= 0.3 is 5.97 Å². The highest BCUT2D eigenvalue weighted by atomic mass is 16.6. The van der Waals surface area contributed by atoms with E-state index in [-0.39, 0.29) is 69.6 Å². The number of phenols is 2. The molecule has 13 heteroatoms. The number of esters is 1. The van der Waals surface area contributed by atoms with E-state index in [4.69, 9.17) is 30.3 Å². The second-order valence-corrected chi connectivity index (χ2v) is 18.5. The number of phenolic OH excluding ortho intramolecular Hbond substituents is 2. The Bertz CT molecular complexity index is 2760. The molecule has 0 radical (unpaired) electrons. The standard InChI is InChI=1S/C50H54N4O9/c1-3-30(24-6-4-5-7-24)49(60)62-39-20-35-45(59)43-38(58)19-29(22-55)61-47(43)44-41-33-14-15-53-48(52)42(33)32(13-9-25-8-11-28(57)18-34(25)36(41)23-56)31-12-10-26-17-40(51)54-21-27(26)16-37(31)50(39,2)63-46(35)44/h3,8,11,14-15,17-19,21,24,31-32,36-37,39,41,55-57,59H,4-7,9-10,12-13,16,20,22-23H2,1-2H3,(H2,51,54)(H2,52,53)/b30-3-/t31-,32-,36+,37-,39+,41+,50-/m0/s1. The summed E-state index contributed by atoms with van der Waals surface area (Å²) >= 11 is 0. The topological polar surface area (TPSA) is 224 Å². The fourth-order valence-electron chi connectivity index (χ4n) is 12.4. The minimum absolute atomic E-state index is 0.00480. The Hall–Kier alpha value is -5.92. The van der Waals surface area contributed by atoms with Gasteiger partial charge in [-0.3, -0.25) is 4.79 Å². The molecular formula is C50H54N4O9. The van der Waals surface area contributed by atoms with Gasteiger partial charge in [0.2, 0.25) is 0 Å². The SMILES string of the molecule is C/C=C(\C(=O)O[C@@H]1Cc2c3c(c4oc(CO)cc(=O)c4c2O)[C@@H]2c4ccnc(N)c4[C@@H](CCc4ccc(O)cc4[C@H]2CO)[C@@H]2CCc4cc(N)ncc4C[C@@H]2[C@]1(C)O3)C1CCCC1. The molecule has 0 saturated heterocycles. The molecule has 1 fully saturated rings. The Balaban J connectivity index is 1.33. The number of allylic oxidation sites excluding steroid dienone is 1. The van der Waals surface area contributed by atoms with Gasteiger partial charge in [0, 0.05) is 64.9 Å². The van der Waals surface area contributed by atoms with Crippen LogP contribution in [0, 0.1) is 17.8 Å². The fourth-order valence-corrected chi connectivity index (χ4v) is 12.4. The Kier molecular flexibility index (Phi) is 10.2. The summed E-state index contributed by atoms with van der Waals surface area (Å²) in [6.45, 7) is 2.85. The zero-order valence-electron chi connectivity index (χ0n) is 35.6. The molecule has 0 amide bonds. The summed E-state index contributed by atoms with van der Waals surface area (Å²) in [7, 11) is 0. The predicted octanol–water partition coefficient (Wildman–Crippen LogP) is 6.77. The van der Waals surface area contributed by atoms with Crippen LogP contribution in [0.5, 0.6) is 17.2 Å². The maximum Gasteiger partial charge on any atom is 0.334 e. The van der Waals surface area contributed by atoms with Crippen LogP contribution in [0.1, 0.15) is 120 Å². The fraction of sp³-hybridized carbons (Fsp3) is 0.440. The normalized spacial score (nSPS) is 26.5. The summed E-state index contributed by atoms with van der Waals surface area (Å²) in [4.78, 5) is 38.2. The molecule has 13 nitrogen and oxygen atoms in total. The molecule has 0 spiro atoms. The summed E-state index contributed by atoms with van der Waals surface area (Å²) in [5.74, 6) is -2.24. The molecule has 10 rings (SSSR count). The first-order valence-corrected chi connectivity index (χ1v) is 22.4. The molecule has 5 aliphatic rings. The summed E-state index contributed by atoms with van der Waals surface area (Å²) in [6, 6.07) is 10.2. The van der Waals surface area contributed by atoms with Crippen LogP contribution in [-0.4, -0.2) is 54.7 Å². The molecule has 8 N–H and O–H groups in total. The molecule has 0 unspecified atom stereocenters. The number of fused-ring (bicyclic) bond motifs is 9. The number of aromatic nitrogens is 2. The van der Waals surface area contributed by atoms with E-state index in [1.54, 1.807) is 18.3 Å². The van der Waals surface area contributed by atoms with Crippen molar-refractivity contribution >= 4 is 28.6 Å². The van der Waals surface area contributed by atoms with Gasteiger partial charge < -0.3 is 45.8 Å². The number of aliphatic hydroxyl groups is 2. The van der Waals surface area contributed by atoms with Gasteiger partial charge in [0.1, 0.15) is 63.9 Å². The second kappa shape index (κ2) is 15.7. The third-order valence-corrected chi connectivity index (χ3v) is 15.4. The van der Waals surface area contributed by atoms with Gasteiger partial charge in [-0.25, -0.2) is 14.8 Å². The number of carbonyl (C=O) groups is 1. The lowest BCUT2D eigenvalue weighted by Crippen LogP contribution is -2.59. The van der Waals surface area contributed by atoms with E-state index in [0.717, 1.165) is 59.6 Å². The third-order valence-electron chi connectivity index (χ3n) is 15.4. The molecule has 5 aromatic rings. The highest BCUT2D eigenvalue weighted by Gasteiger charge is 2.57. The lowest BCUT2D eigenvalue weighted by molar-refractivity contribution is -0.169. The van der Waals surface area contributed by atoms with Gasteiger partial charge in [-0.2, -0.15) is 0 Å². The number of nitrogen functional groups attached to an aromatic ring is 2. The number of aryl methyl sites for hydroxylation is 2. The second-order valence-electron chi connectivity index (χ2n) is 18.5. The number of carbonyl (C=O) groups excluding carboxylic acids is 1. The highest BCUT2D eigenvalue weighted by molar-refractivity contribution is 5.92. The number of aliphatic hydroxyl groups excluding tert-OH is 2. The van der Waals surface area contributed by atoms with E-state index in [1.165, 1.54) is 0 Å². The summed E-state index contributed by atoms with van der Waals surface area (Å²) in [5.41, 5.74) is 18.0. The predicted molar refractivity (Wildman–Crippen MR) is 236 cm³/mol. The number of hydrogen-bond acceptors (Lipinski definition) is 13. The van der Waals surface area contributed by atoms with Crippen LogP contribution >= 0.6 is 0 Å². The lowest BCUT2D eigenvalue weighted by atomic mass is 9.62. The van der Waals surface area contributed by atoms with Crippen LogP contribution in [0.25, 0.3) is 11.0 Å². The Morgan fingerprint density at radius 3 is 2.51 bits per heavy atom. The number of anilines is 2. The molecular weight excluding hydrogens is 801 g/mol. The minimum atomic E-state index is -1.29. The highest BCUT2D eigenvalue weighted by Crippen LogP contribution is 2.60. The molecule has 3 aromatic heterocycles. The summed E-state index contributed by atoms with van der Waals surface area (Å²) in [6.07, 6.45) is 11.2. The van der Waals surface area contributed by atoms with Crippen LogP contribution in [0.4, 0.5) is 11.6 Å². The van der Waals surface area contributed by atoms with Gasteiger partial charge in [0.05, 0.1) is 6.61 Å². The van der Waals surface area contributed by atoms with Crippen LogP contribution in [0.3, 0.4) is 0 Å². The molecule has 63 heavy (non-hydrogen) atoms. The lowest BCUT2D eigenvalue weighted by Gasteiger charge is -2.51. The average Bonchev–Trinajstić information content (AvgIpc) is 3.74. The van der Waals surface area contributed by atoms with Crippen LogP contribution < -0.4 is 21.6 Å². The first kappa shape index (κ1) is 41.1. The van der Waals surface area contributed by atoms with E-state index in [2.05, 4.69) is 4.98 Å². The van der Waals surface area contributed by atoms with E-state index in [1.807, 2.05) is 44.3 Å². The molecule has 4 bridgehead atoms. The van der Waals surface area contributed by atoms with Crippen molar-refractivity contribution in [1.29, 1.82) is 0 Å². The molecule has 5 heterocycles. The number of ether oxygens (including phenoxy) is 2. The van der Waals surface area contributed by atoms with Crippen molar-refractivity contribution in [3.8, 4) is 17.2 Å². The Morgan fingerprint density at radius 1 is 0.952 bits per heavy atom. The van der Waals surface area contributed by atoms with Gasteiger partial charge in [-0.15, -0.1) is 0 Å². The first-order chi connectivity index (χ1) is 30.4. The number of nitrogens with zero attached hydrogens (tertiary/aromatic N) is 2. The quantitative estimate of drug-likeness (QED) is 0.0795. The first-order valence-electron chi connectivity index (χ1n) is 22.4. The molecule has 3 aliphatic carbocycles.